The van der Waals surface area contributed by atoms with Crippen LogP contribution in [0.4, 0.5) is 10.5 Å². The molecule has 3 aromatic carbocycles. The van der Waals surface area contributed by atoms with Gasteiger partial charge in [0.2, 0.25) is 11.8 Å². The Morgan fingerprint density at radius 1 is 0.974 bits per heavy atom. The second-order valence-electron chi connectivity index (χ2n) is 9.38. The highest BCUT2D eigenvalue weighted by Gasteiger charge is 2.44. The van der Waals surface area contributed by atoms with Gasteiger partial charge in [0.15, 0.2) is 0 Å². The van der Waals surface area contributed by atoms with E-state index in [-0.39, 0.29) is 30.5 Å². The molecule has 2 aliphatic rings. The molecule has 0 bridgehead atoms. The summed E-state index contributed by atoms with van der Waals surface area (Å²) in [5.41, 5.74) is 3.69. The van der Waals surface area contributed by atoms with Crippen molar-refractivity contribution in [1.82, 2.24) is 15.5 Å². The van der Waals surface area contributed by atoms with E-state index in [1.165, 1.54) is 12.1 Å². The Balaban J connectivity index is 1.18. The van der Waals surface area contributed by atoms with E-state index in [0.717, 1.165) is 16.0 Å². The lowest BCUT2D eigenvalue weighted by atomic mass is 10.0. The third-order valence-electron chi connectivity index (χ3n) is 6.70. The summed E-state index contributed by atoms with van der Waals surface area (Å²) in [6.07, 6.45) is 0.138. The third kappa shape index (κ3) is 5.49. The Bertz CT molecular complexity index is 1500. The number of piperidine rings is 1. The first kappa shape index (κ1) is 25.7. The number of aryl methyl sites for hydroxylation is 1. The summed E-state index contributed by atoms with van der Waals surface area (Å²) in [5, 5.41) is 7.66. The average Bonchev–Trinajstić information content (AvgIpc) is 3.16. The molecule has 0 spiro atoms. The number of amides is 6. The number of rotatable bonds is 7. The van der Waals surface area contributed by atoms with E-state index in [1.807, 2.05) is 37.3 Å². The fraction of sp³-hybridized carbons (Fsp3) is 0.207. The molecule has 2 aliphatic heterocycles. The number of nitrogens with zero attached hydrogens (tertiary/aromatic N) is 1. The van der Waals surface area contributed by atoms with Crippen LogP contribution in [-0.2, 0) is 22.7 Å². The fourth-order valence-electron chi connectivity index (χ4n) is 4.58. The number of ether oxygens (including phenoxy) is 1. The lowest BCUT2D eigenvalue weighted by molar-refractivity contribution is -0.136. The zero-order valence-corrected chi connectivity index (χ0v) is 21.2. The molecule has 6 amide bonds. The molecule has 0 saturated carbocycles. The monoisotopic (exact) mass is 526 g/mol. The van der Waals surface area contributed by atoms with Gasteiger partial charge in [-0.1, -0.05) is 36.4 Å². The summed E-state index contributed by atoms with van der Waals surface area (Å²) < 4.78 is 5.87. The van der Waals surface area contributed by atoms with E-state index >= 15 is 0 Å². The molecule has 1 unspecified atom stereocenters. The van der Waals surface area contributed by atoms with Crippen LogP contribution in [0.1, 0.15) is 50.2 Å². The molecule has 0 aromatic heterocycles. The molecule has 5 rings (SSSR count). The number of imide groups is 2. The fourth-order valence-corrected chi connectivity index (χ4v) is 4.58. The van der Waals surface area contributed by atoms with Gasteiger partial charge in [0, 0.05) is 24.7 Å². The predicted octanol–water partition coefficient (Wildman–Crippen LogP) is 3.30. The highest BCUT2D eigenvalue weighted by Crippen LogP contribution is 2.28. The summed E-state index contributed by atoms with van der Waals surface area (Å²) >= 11 is 0. The number of anilines is 1. The quantitative estimate of drug-likeness (QED) is 0.405. The van der Waals surface area contributed by atoms with E-state index in [9.17, 15) is 24.0 Å². The third-order valence-corrected chi connectivity index (χ3v) is 6.70. The first-order chi connectivity index (χ1) is 18.8. The molecule has 3 aromatic rings. The summed E-state index contributed by atoms with van der Waals surface area (Å²) in [4.78, 5) is 62.9. The molecule has 1 atom stereocenters. The Morgan fingerprint density at radius 2 is 1.77 bits per heavy atom. The van der Waals surface area contributed by atoms with E-state index in [2.05, 4.69) is 16.0 Å². The van der Waals surface area contributed by atoms with Crippen LogP contribution in [0.3, 0.4) is 0 Å². The van der Waals surface area contributed by atoms with Crippen molar-refractivity contribution in [1.29, 1.82) is 0 Å². The second kappa shape index (κ2) is 10.8. The number of carbonyl (C=O) groups is 5. The maximum Gasteiger partial charge on any atom is 0.319 e. The summed E-state index contributed by atoms with van der Waals surface area (Å²) in [5.74, 6) is -1.66. The van der Waals surface area contributed by atoms with Gasteiger partial charge in [-0.2, -0.15) is 0 Å². The summed E-state index contributed by atoms with van der Waals surface area (Å²) in [7, 11) is 0. The van der Waals surface area contributed by atoms with Crippen molar-refractivity contribution in [2.75, 3.05) is 5.32 Å². The minimum atomic E-state index is -1.03. The van der Waals surface area contributed by atoms with Crippen LogP contribution in [0.25, 0.3) is 0 Å². The number of benzene rings is 3. The van der Waals surface area contributed by atoms with Crippen LogP contribution in [0.15, 0.2) is 66.7 Å². The first-order valence-electron chi connectivity index (χ1n) is 12.5. The van der Waals surface area contributed by atoms with Crippen LogP contribution in [0, 0.1) is 6.92 Å². The maximum absolute atomic E-state index is 13.0. The molecule has 0 aliphatic carbocycles. The van der Waals surface area contributed by atoms with Gasteiger partial charge in [0.1, 0.15) is 18.4 Å². The average molecular weight is 527 g/mol. The van der Waals surface area contributed by atoms with Gasteiger partial charge in [0.25, 0.3) is 11.8 Å². The number of hydrogen-bond donors (Lipinski definition) is 3. The zero-order valence-electron chi connectivity index (χ0n) is 21.2. The minimum Gasteiger partial charge on any atom is -0.489 e. The molecular weight excluding hydrogens is 500 g/mol. The maximum atomic E-state index is 13.0. The second-order valence-corrected chi connectivity index (χ2v) is 9.38. The molecule has 1 fully saturated rings. The zero-order chi connectivity index (χ0) is 27.5. The van der Waals surface area contributed by atoms with Gasteiger partial charge >= 0.3 is 6.03 Å². The van der Waals surface area contributed by atoms with Crippen LogP contribution < -0.4 is 20.7 Å². The number of urea groups is 1. The van der Waals surface area contributed by atoms with Crippen molar-refractivity contribution >= 4 is 35.3 Å². The molecule has 39 heavy (non-hydrogen) atoms. The number of fused-ring (bicyclic) bond motifs is 1. The van der Waals surface area contributed by atoms with Crippen molar-refractivity contribution in [3.05, 3.63) is 94.5 Å². The molecule has 10 heteroatoms. The highest BCUT2D eigenvalue weighted by atomic mass is 16.5. The van der Waals surface area contributed by atoms with Crippen molar-refractivity contribution in [3.8, 4) is 5.75 Å². The molecule has 0 radical (unpaired) electrons. The molecule has 1 saturated heterocycles. The van der Waals surface area contributed by atoms with E-state index in [0.29, 0.717) is 23.6 Å². The van der Waals surface area contributed by atoms with E-state index in [4.69, 9.17) is 4.74 Å². The molecule has 198 valence electrons. The van der Waals surface area contributed by atoms with E-state index < -0.39 is 35.7 Å². The minimum absolute atomic E-state index is 0.0514. The van der Waals surface area contributed by atoms with Gasteiger partial charge in [-0.3, -0.25) is 29.4 Å². The lowest BCUT2D eigenvalue weighted by Crippen LogP contribution is -2.54. The van der Waals surface area contributed by atoms with Crippen LogP contribution in [0.2, 0.25) is 0 Å². The largest absolute Gasteiger partial charge is 0.489 e. The summed E-state index contributed by atoms with van der Waals surface area (Å²) in [6.45, 7) is 2.52. The number of nitrogens with one attached hydrogen (secondary N) is 3. The molecule has 3 N–H and O–H groups in total. The van der Waals surface area contributed by atoms with E-state index in [1.54, 1.807) is 24.3 Å². The number of hydrogen-bond acceptors (Lipinski definition) is 6. The Labute approximate surface area is 224 Å². The standard InChI is InChI=1S/C29H26N4O6/c1-17-5-2-3-6-19(17)16-39-21-8-4-7-20(14-21)31-29(38)30-15-18-9-10-22-23(13-18)28(37)33(27(22)36)24-11-12-25(34)32-26(24)35/h2-10,13-14,24H,11-12,15-16H2,1H3,(H2,30,31,38)(H,32,34,35). The normalized spacial score (nSPS) is 16.5. The Hall–Kier alpha value is -4.99. The van der Waals surface area contributed by atoms with Crippen LogP contribution >= 0.6 is 0 Å². The number of carbonyl (C=O) groups excluding carboxylic acids is 5. The highest BCUT2D eigenvalue weighted by molar-refractivity contribution is 6.23. The molecular formula is C29H26N4O6. The summed E-state index contributed by atoms with van der Waals surface area (Å²) in [6, 6.07) is 18.2. The first-order valence-corrected chi connectivity index (χ1v) is 12.5. The Kier molecular flexibility index (Phi) is 7.09. The van der Waals surface area contributed by atoms with Gasteiger partial charge in [0.05, 0.1) is 11.1 Å². The van der Waals surface area contributed by atoms with Crippen molar-refractivity contribution in [2.24, 2.45) is 0 Å². The van der Waals surface area contributed by atoms with Gasteiger partial charge in [-0.15, -0.1) is 0 Å². The predicted molar refractivity (Wildman–Crippen MR) is 141 cm³/mol. The lowest BCUT2D eigenvalue weighted by Gasteiger charge is -2.27. The van der Waals surface area contributed by atoms with Crippen molar-refractivity contribution < 1.29 is 28.7 Å². The van der Waals surface area contributed by atoms with Gasteiger partial charge in [-0.25, -0.2) is 4.79 Å². The Morgan fingerprint density at radius 3 is 2.56 bits per heavy atom. The molecule has 2 heterocycles. The smallest absolute Gasteiger partial charge is 0.319 e. The van der Waals surface area contributed by atoms with Crippen LogP contribution in [-0.4, -0.2) is 40.6 Å². The topological polar surface area (TPSA) is 134 Å². The van der Waals surface area contributed by atoms with Crippen molar-refractivity contribution in [3.63, 3.8) is 0 Å². The van der Waals surface area contributed by atoms with Crippen molar-refractivity contribution in [2.45, 2.75) is 39.0 Å². The SMILES string of the molecule is Cc1ccccc1COc1cccc(NC(=O)NCc2ccc3c(c2)C(=O)N(C2CCC(=O)NC2=O)C3=O)c1. The molecule has 10 nitrogen and oxygen atoms in total. The van der Waals surface area contributed by atoms with Gasteiger partial charge < -0.3 is 15.4 Å². The van der Waals surface area contributed by atoms with Crippen LogP contribution in [0.5, 0.6) is 5.75 Å². The van der Waals surface area contributed by atoms with Gasteiger partial charge in [-0.05, 0) is 54.3 Å².